The Morgan fingerprint density at radius 3 is 2.09 bits per heavy atom. The van der Waals surface area contributed by atoms with Gasteiger partial charge in [0, 0.05) is 12.8 Å². The lowest BCUT2D eigenvalue weighted by Gasteiger charge is -2.04. The number of unbranched alkanes of at least 4 members (excludes halogenated alkanes) is 2. The highest BCUT2D eigenvalue weighted by Crippen LogP contribution is 2.13. The Morgan fingerprint density at radius 2 is 1.64 bits per heavy atom. The number of hydrogen-bond donors (Lipinski definition) is 0. The molecule has 0 N–H and O–H groups in total. The van der Waals surface area contributed by atoms with E-state index in [4.69, 9.17) is 17.0 Å². The van der Waals surface area contributed by atoms with Gasteiger partial charge < -0.3 is 0 Å². The van der Waals surface area contributed by atoms with E-state index in [1.807, 2.05) is 6.92 Å². The van der Waals surface area contributed by atoms with Gasteiger partial charge in [-0.2, -0.15) is 8.42 Å². The molecule has 0 bridgehead atoms. The Kier molecular flexibility index (Phi) is 10.8. The van der Waals surface area contributed by atoms with Crippen LogP contribution in [0, 0.1) is 31.6 Å². The Labute approximate surface area is 133 Å². The van der Waals surface area contributed by atoms with Gasteiger partial charge in [-0.15, -0.1) is 24.7 Å². The molecule has 1 aromatic carbocycles. The largest absolute Gasteiger partial charge is 0.296 e. The molecule has 0 saturated heterocycles. The van der Waals surface area contributed by atoms with Crippen molar-refractivity contribution in [2.45, 2.75) is 37.5 Å². The Morgan fingerprint density at radius 1 is 1.09 bits per heavy atom. The topological polar surface area (TPSA) is 43.4 Å². The lowest BCUT2D eigenvalue weighted by Crippen LogP contribution is -2.07. The van der Waals surface area contributed by atoms with Gasteiger partial charge in [-0.1, -0.05) is 17.7 Å². The second-order valence-electron chi connectivity index (χ2n) is 4.39. The van der Waals surface area contributed by atoms with Crippen molar-refractivity contribution >= 4 is 10.1 Å². The molecular weight excluding hydrogens is 302 g/mol. The van der Waals surface area contributed by atoms with Gasteiger partial charge in [0.15, 0.2) is 0 Å². The van der Waals surface area contributed by atoms with Crippen molar-refractivity contribution in [3.05, 3.63) is 29.8 Å². The van der Waals surface area contributed by atoms with Crippen molar-refractivity contribution in [3.63, 3.8) is 0 Å². The maximum atomic E-state index is 11.6. The van der Waals surface area contributed by atoms with Crippen LogP contribution in [0.25, 0.3) is 0 Å². The first-order valence-corrected chi connectivity index (χ1v) is 8.27. The summed E-state index contributed by atoms with van der Waals surface area (Å²) in [6.45, 7) is 1.73. The fourth-order valence-electron chi connectivity index (χ4n) is 1.28. The summed E-state index contributed by atoms with van der Waals surface area (Å²) in [6, 6.07) is 6.53. The quantitative estimate of drug-likeness (QED) is 0.438. The predicted octanol–water partition coefficient (Wildman–Crippen LogP) is 3.48. The Balaban J connectivity index is 0.000000626. The monoisotopic (exact) mass is 323 g/mol. The fourth-order valence-corrected chi connectivity index (χ4v) is 2.23. The molecule has 1 rings (SSSR count). The summed E-state index contributed by atoms with van der Waals surface area (Å²) in [4.78, 5) is 0.179. The molecule has 0 fully saturated rings. The van der Waals surface area contributed by atoms with Gasteiger partial charge in [0.1, 0.15) is 0 Å². The molecule has 0 aliphatic rings. The molecular formula is C17H21FO3S. The molecule has 5 heteroatoms. The molecule has 0 radical (unpaired) electrons. The minimum absolute atomic E-state index is 0.125. The third-order valence-electron chi connectivity index (χ3n) is 2.47. The third-order valence-corrected chi connectivity index (χ3v) is 3.79. The van der Waals surface area contributed by atoms with Crippen molar-refractivity contribution in [1.29, 1.82) is 0 Å². The SMILES string of the molecule is C#CCCCOS(=O)(=O)c1ccc(C)cc1.C#CCCC[18F]. The van der Waals surface area contributed by atoms with E-state index in [0.717, 1.165) is 5.56 Å². The van der Waals surface area contributed by atoms with Gasteiger partial charge >= 0.3 is 0 Å². The van der Waals surface area contributed by atoms with Gasteiger partial charge in [0.2, 0.25) is 0 Å². The van der Waals surface area contributed by atoms with Crippen LogP contribution in [0.4, 0.5) is 4.39 Å². The van der Waals surface area contributed by atoms with E-state index in [1.54, 1.807) is 12.1 Å². The summed E-state index contributed by atoms with van der Waals surface area (Å²) < 4.78 is 39.2. The first-order chi connectivity index (χ1) is 10.5. The van der Waals surface area contributed by atoms with E-state index in [0.29, 0.717) is 25.7 Å². The molecule has 1 aromatic rings. The normalized spacial score (nSPS) is 10.0. The average Bonchev–Trinajstić information content (AvgIpc) is 2.50. The van der Waals surface area contributed by atoms with Crippen LogP contribution in [0.5, 0.6) is 0 Å². The number of aryl methyl sites for hydroxylation is 1. The zero-order valence-electron chi connectivity index (χ0n) is 12.7. The number of alkyl halides is 1. The lowest BCUT2D eigenvalue weighted by molar-refractivity contribution is 0.314. The molecule has 0 aliphatic heterocycles. The van der Waals surface area contributed by atoms with Crippen LogP contribution >= 0.6 is 0 Å². The van der Waals surface area contributed by atoms with Crippen LogP contribution in [0.15, 0.2) is 29.2 Å². The van der Waals surface area contributed by atoms with Crippen molar-refractivity contribution < 1.29 is 17.0 Å². The van der Waals surface area contributed by atoms with E-state index in [1.165, 1.54) is 12.1 Å². The van der Waals surface area contributed by atoms with Crippen molar-refractivity contribution in [2.75, 3.05) is 13.3 Å². The van der Waals surface area contributed by atoms with Gasteiger partial charge in [0.05, 0.1) is 18.2 Å². The molecule has 0 spiro atoms. The van der Waals surface area contributed by atoms with Crippen LogP contribution in [0.2, 0.25) is 0 Å². The summed E-state index contributed by atoms with van der Waals surface area (Å²) >= 11 is 0. The number of rotatable bonds is 7. The third kappa shape index (κ3) is 9.18. The summed E-state index contributed by atoms with van der Waals surface area (Å²) in [5.41, 5.74) is 1.01. The number of terminal acetylenes is 2. The molecule has 120 valence electrons. The summed E-state index contributed by atoms with van der Waals surface area (Å²) in [5.74, 6) is 4.75. The van der Waals surface area contributed by atoms with Gasteiger partial charge in [0.25, 0.3) is 10.1 Å². The van der Waals surface area contributed by atoms with E-state index in [2.05, 4.69) is 11.8 Å². The first kappa shape index (κ1) is 20.2. The molecule has 0 aromatic heterocycles. The van der Waals surface area contributed by atoms with Crippen molar-refractivity contribution in [1.82, 2.24) is 0 Å². The highest BCUT2D eigenvalue weighted by Gasteiger charge is 2.13. The van der Waals surface area contributed by atoms with Crippen molar-refractivity contribution in [2.24, 2.45) is 0 Å². The smallest absolute Gasteiger partial charge is 0.266 e. The Hall–Kier alpha value is -1.82. The first-order valence-electron chi connectivity index (χ1n) is 6.87. The zero-order chi connectivity index (χ0) is 16.8. The molecule has 0 saturated carbocycles. The van der Waals surface area contributed by atoms with E-state index in [9.17, 15) is 12.8 Å². The lowest BCUT2D eigenvalue weighted by atomic mass is 10.2. The van der Waals surface area contributed by atoms with Crippen LogP contribution < -0.4 is 0 Å². The van der Waals surface area contributed by atoms with Crippen LogP contribution in [0.3, 0.4) is 0 Å². The molecule has 0 atom stereocenters. The van der Waals surface area contributed by atoms with Gasteiger partial charge in [-0.25, -0.2) is 0 Å². The molecule has 0 heterocycles. The molecule has 0 aliphatic carbocycles. The molecule has 0 amide bonds. The fraction of sp³-hybridized carbons (Fsp3) is 0.412. The van der Waals surface area contributed by atoms with Crippen LogP contribution in [0.1, 0.15) is 31.2 Å². The summed E-state index contributed by atoms with van der Waals surface area (Å²) in [7, 11) is -3.63. The molecule has 0 unspecified atom stereocenters. The van der Waals surface area contributed by atoms with Crippen LogP contribution in [-0.4, -0.2) is 21.7 Å². The van der Waals surface area contributed by atoms with Crippen molar-refractivity contribution in [3.8, 4) is 24.7 Å². The van der Waals surface area contributed by atoms with E-state index < -0.39 is 10.1 Å². The highest BCUT2D eigenvalue weighted by molar-refractivity contribution is 7.86. The summed E-state index contributed by atoms with van der Waals surface area (Å²) in [5, 5.41) is 0. The number of benzene rings is 1. The zero-order valence-corrected chi connectivity index (χ0v) is 13.5. The average molecular weight is 323 g/mol. The van der Waals surface area contributed by atoms with E-state index >= 15 is 0 Å². The minimum atomic E-state index is -3.63. The maximum Gasteiger partial charge on any atom is 0.296 e. The van der Waals surface area contributed by atoms with Crippen LogP contribution in [-0.2, 0) is 14.3 Å². The number of hydrogen-bond acceptors (Lipinski definition) is 3. The number of halogens is 1. The van der Waals surface area contributed by atoms with Gasteiger partial charge in [-0.05, 0) is 31.9 Å². The standard InChI is InChI=1S/C12H14O3S.C5H7F/c1-3-4-5-10-15-16(13,14)12-8-6-11(2)7-9-12;1-2-3-4-5-6/h1,6-9H,4-5,10H2,2H3;1H,3-5H2/i;6-1. The second-order valence-corrected chi connectivity index (χ2v) is 6.01. The van der Waals surface area contributed by atoms with Gasteiger partial charge in [-0.3, -0.25) is 8.57 Å². The maximum absolute atomic E-state index is 11.6. The summed E-state index contributed by atoms with van der Waals surface area (Å²) in [6.07, 6.45) is 12.0. The predicted molar refractivity (Wildman–Crippen MR) is 86.4 cm³/mol. The Bertz CT molecular complexity index is 592. The van der Waals surface area contributed by atoms with E-state index in [-0.39, 0.29) is 18.2 Å². The molecule has 22 heavy (non-hydrogen) atoms. The minimum Gasteiger partial charge on any atom is -0.266 e. The molecule has 3 nitrogen and oxygen atoms in total. The highest BCUT2D eigenvalue weighted by atomic mass is 32.2. The second kappa shape index (κ2) is 11.8.